The lowest BCUT2D eigenvalue weighted by Crippen LogP contribution is -2.40. The summed E-state index contributed by atoms with van der Waals surface area (Å²) in [6.07, 6.45) is 0.527. The molecule has 0 aliphatic carbocycles. The highest BCUT2D eigenvalue weighted by atomic mass is 35.5. The molecule has 392 valence electrons. The van der Waals surface area contributed by atoms with E-state index in [2.05, 4.69) is 16.0 Å². The molecule has 0 amide bonds. The Hall–Kier alpha value is -7.08. The maximum atomic E-state index is 13.1. The number of rotatable bonds is 23. The lowest BCUT2D eigenvalue weighted by atomic mass is 9.80. The third-order valence-corrected chi connectivity index (χ3v) is 10.6. The fourth-order valence-corrected chi connectivity index (χ4v) is 7.51. The normalized spacial score (nSPS) is 15.7. The Labute approximate surface area is 424 Å². The maximum Gasteiger partial charge on any atom is 0.336 e. The molecule has 72 heavy (non-hydrogen) atoms. The van der Waals surface area contributed by atoms with Gasteiger partial charge in [-0.05, 0) is 51.0 Å². The number of nitrogens with one attached hydrogen (secondary N) is 3. The van der Waals surface area contributed by atoms with E-state index in [1.807, 2.05) is 0 Å². The number of carbonyl (C=O) groups excluding carboxylic acids is 4. The van der Waals surface area contributed by atoms with Crippen LogP contribution < -0.4 is 21.7 Å². The van der Waals surface area contributed by atoms with E-state index in [0.717, 1.165) is 0 Å². The summed E-state index contributed by atoms with van der Waals surface area (Å²) in [5.41, 5.74) is 9.29. The number of nitrogens with two attached hydrogens (primary N) is 1. The number of dihydropyridines is 2. The first-order valence-corrected chi connectivity index (χ1v) is 22.5. The van der Waals surface area contributed by atoms with Crippen LogP contribution in [0.1, 0.15) is 57.1 Å². The fourth-order valence-electron chi connectivity index (χ4n) is 7.02. The van der Waals surface area contributed by atoms with Gasteiger partial charge in [0, 0.05) is 46.7 Å². The second kappa shape index (κ2) is 31.3. The second-order valence-electron chi connectivity index (χ2n) is 14.8. The van der Waals surface area contributed by atoms with Crippen molar-refractivity contribution in [3.8, 4) is 0 Å². The maximum absolute atomic E-state index is 13.1. The Morgan fingerprint density at radius 3 is 1.39 bits per heavy atom. The largest absolute Gasteiger partial charge is 0.481 e. The number of carbonyl (C=O) groups is 8. The second-order valence-corrected chi connectivity index (χ2v) is 15.6. The lowest BCUT2D eigenvalue weighted by Gasteiger charge is -2.31. The third-order valence-electron chi connectivity index (χ3n) is 9.96. The molecule has 0 radical (unpaired) electrons. The Morgan fingerprint density at radius 2 is 1.06 bits per heavy atom. The number of carboxylic acids is 4. The van der Waals surface area contributed by atoms with Gasteiger partial charge in [-0.2, -0.15) is 0 Å². The minimum atomic E-state index is -1.29. The number of aliphatic carboxylic acids is 4. The summed E-state index contributed by atoms with van der Waals surface area (Å²) in [4.78, 5) is 92.4. The van der Waals surface area contributed by atoms with E-state index in [1.165, 1.54) is 14.2 Å². The molecule has 2 aliphatic rings. The van der Waals surface area contributed by atoms with Crippen LogP contribution in [-0.4, -0.2) is 141 Å². The molecule has 2 heterocycles. The van der Waals surface area contributed by atoms with E-state index >= 15 is 0 Å². The van der Waals surface area contributed by atoms with Crippen LogP contribution in [0.4, 0.5) is 0 Å². The lowest BCUT2D eigenvalue weighted by molar-refractivity contribution is -0.146. The highest BCUT2D eigenvalue weighted by Gasteiger charge is 2.41. The number of hydrogen-bond acceptors (Lipinski definition) is 18. The number of carboxylic acid groups (broad SMARTS) is 4. The standard InChI is InChI=1S/C24H29ClN2O9.C20H25ClN2O5.C4H4O4/c1-4-36-24(33)21-17(12-35-10-9-26-16(22(30)31)11-18(28)29)27-13(2)19(23(32)34-3)20(21)14-7-5-6-8-15(14)25;1-4-28-20(25)18-15(11-27-10-9-22)23-12(2)16(19(24)26-3)17(18)13-7-5-6-8-14(13)21;5-3(6)1-2-4(7)8/h5-8,16,20,26-27H,4,9-12H2,1-3H3,(H,28,29)(H,30,31);5-8,17,23H,4,9-11,22H2,1-3H3;1-2H,(H,5,6)(H,7,8)/b;;2-1-. The van der Waals surface area contributed by atoms with Crippen molar-refractivity contribution in [1.82, 2.24) is 16.0 Å². The molecule has 22 nitrogen and oxygen atoms in total. The number of hydrogen-bond donors (Lipinski definition) is 8. The monoisotopic (exact) mass is 1050 g/mol. The molecule has 2 aliphatic heterocycles. The summed E-state index contributed by atoms with van der Waals surface area (Å²) in [6.45, 7) is 7.75. The Kier molecular flexibility index (Phi) is 26.5. The molecule has 2 aromatic carbocycles. The van der Waals surface area contributed by atoms with E-state index in [9.17, 15) is 38.4 Å². The van der Waals surface area contributed by atoms with Gasteiger partial charge in [0.15, 0.2) is 0 Å². The number of esters is 4. The zero-order valence-corrected chi connectivity index (χ0v) is 41.7. The average Bonchev–Trinajstić information content (AvgIpc) is 3.32. The molecule has 3 unspecified atom stereocenters. The molecule has 24 heteroatoms. The van der Waals surface area contributed by atoms with E-state index in [4.69, 9.17) is 77.8 Å². The Balaban J connectivity index is 0.000000437. The van der Waals surface area contributed by atoms with Gasteiger partial charge < -0.3 is 70.5 Å². The van der Waals surface area contributed by atoms with Crippen molar-refractivity contribution < 1.29 is 87.2 Å². The van der Waals surface area contributed by atoms with Gasteiger partial charge in [-0.15, -0.1) is 0 Å². The number of ether oxygens (including phenoxy) is 6. The first kappa shape index (κ1) is 61.0. The van der Waals surface area contributed by atoms with Crippen LogP contribution in [0.5, 0.6) is 0 Å². The molecule has 0 saturated heterocycles. The van der Waals surface area contributed by atoms with Crippen LogP contribution in [0.3, 0.4) is 0 Å². The van der Waals surface area contributed by atoms with Crippen molar-refractivity contribution in [2.24, 2.45) is 5.73 Å². The van der Waals surface area contributed by atoms with Crippen LogP contribution in [0.15, 0.2) is 106 Å². The van der Waals surface area contributed by atoms with Gasteiger partial charge in [0.05, 0.1) is 106 Å². The number of allylic oxidation sites excluding steroid dienone is 2. The van der Waals surface area contributed by atoms with Crippen molar-refractivity contribution >= 4 is 71.0 Å². The van der Waals surface area contributed by atoms with Crippen LogP contribution in [0, 0.1) is 0 Å². The topological polar surface area (TPSA) is 335 Å². The highest BCUT2D eigenvalue weighted by molar-refractivity contribution is 6.32. The van der Waals surface area contributed by atoms with Gasteiger partial charge in [0.1, 0.15) is 6.04 Å². The summed E-state index contributed by atoms with van der Waals surface area (Å²) < 4.78 is 31.7. The summed E-state index contributed by atoms with van der Waals surface area (Å²) in [6, 6.07) is 12.6. The van der Waals surface area contributed by atoms with Crippen molar-refractivity contribution in [3.63, 3.8) is 0 Å². The van der Waals surface area contributed by atoms with Crippen molar-refractivity contribution in [2.75, 3.05) is 67.0 Å². The molecule has 2 aromatic rings. The van der Waals surface area contributed by atoms with Crippen LogP contribution in [0.25, 0.3) is 0 Å². The predicted molar refractivity (Wildman–Crippen MR) is 258 cm³/mol. The van der Waals surface area contributed by atoms with Crippen LogP contribution in [-0.2, 0) is 66.8 Å². The first-order valence-electron chi connectivity index (χ1n) is 21.8. The average molecular weight is 1050 g/mol. The summed E-state index contributed by atoms with van der Waals surface area (Å²) in [5.74, 6) is -9.13. The zero-order valence-electron chi connectivity index (χ0n) is 40.2. The molecule has 0 fully saturated rings. The molecular weight excluding hydrogens is 991 g/mol. The number of methoxy groups -OCH3 is 2. The SMILES string of the molecule is CCOC(=O)C1=C(COCCN)NC(C)=C(C(=O)OC)C1c1ccccc1Cl.CCOC(=O)C1=C(COCCNC(CC(=O)O)C(=O)O)NC(C)=C(C(=O)OC)C1c1ccccc1Cl.O=C(O)/C=C\C(=O)O. The number of halogens is 2. The molecule has 4 rings (SSSR count). The highest BCUT2D eigenvalue weighted by Crippen LogP contribution is 2.43. The van der Waals surface area contributed by atoms with Crippen molar-refractivity contribution in [3.05, 3.63) is 127 Å². The molecule has 0 spiro atoms. The summed E-state index contributed by atoms with van der Waals surface area (Å²) in [7, 11) is 2.53. The number of benzene rings is 2. The van der Waals surface area contributed by atoms with Crippen molar-refractivity contribution in [2.45, 2.75) is 52.0 Å². The first-order chi connectivity index (χ1) is 34.2. The zero-order chi connectivity index (χ0) is 54.1. The molecule has 0 saturated carbocycles. The molecule has 9 N–H and O–H groups in total. The molecule has 3 atom stereocenters. The van der Waals surface area contributed by atoms with Gasteiger partial charge >= 0.3 is 47.8 Å². The molecule has 0 bridgehead atoms. The Bertz CT molecular complexity index is 2450. The predicted octanol–water partition coefficient (Wildman–Crippen LogP) is 3.80. The molecular formula is C48H58Cl2N4O18. The third kappa shape index (κ3) is 18.3. The Morgan fingerprint density at radius 1 is 0.653 bits per heavy atom. The van der Waals surface area contributed by atoms with Crippen LogP contribution >= 0.6 is 23.2 Å². The van der Waals surface area contributed by atoms with Gasteiger partial charge in [-0.1, -0.05) is 59.6 Å². The quantitative estimate of drug-likeness (QED) is 0.0339. The minimum Gasteiger partial charge on any atom is -0.481 e. The van der Waals surface area contributed by atoms with Gasteiger partial charge in [-0.25, -0.2) is 28.8 Å². The van der Waals surface area contributed by atoms with E-state index < -0.39 is 72.1 Å². The summed E-state index contributed by atoms with van der Waals surface area (Å²) >= 11 is 12.9. The van der Waals surface area contributed by atoms with Gasteiger partial charge in [0.2, 0.25) is 0 Å². The fraction of sp³-hybridized carbons (Fsp3) is 0.375. The molecule has 0 aromatic heterocycles. The van der Waals surface area contributed by atoms with Gasteiger partial charge in [0.25, 0.3) is 0 Å². The van der Waals surface area contributed by atoms with E-state index in [0.29, 0.717) is 74.8 Å². The van der Waals surface area contributed by atoms with E-state index in [1.54, 1.807) is 76.2 Å². The summed E-state index contributed by atoms with van der Waals surface area (Å²) in [5, 5.41) is 43.1. The van der Waals surface area contributed by atoms with E-state index in [-0.39, 0.29) is 56.3 Å². The van der Waals surface area contributed by atoms with Crippen molar-refractivity contribution in [1.29, 1.82) is 0 Å². The van der Waals surface area contributed by atoms with Gasteiger partial charge in [-0.3, -0.25) is 9.59 Å². The smallest absolute Gasteiger partial charge is 0.336 e. The minimum absolute atomic E-state index is 0.00800. The van der Waals surface area contributed by atoms with Crippen LogP contribution in [0.2, 0.25) is 10.0 Å².